The number of unbranched alkanes of at least 4 members (excludes halogenated alkanes) is 1. The number of sulfonamides is 1. The summed E-state index contributed by atoms with van der Waals surface area (Å²) in [4.78, 5) is 12.1. The van der Waals surface area contributed by atoms with E-state index in [-0.39, 0.29) is 29.3 Å². The summed E-state index contributed by atoms with van der Waals surface area (Å²) < 4.78 is 28.0. The van der Waals surface area contributed by atoms with Crippen LogP contribution >= 0.6 is 12.4 Å². The molecular weight excluding hydrogens is 342 g/mol. The Balaban J connectivity index is 0.00000484. The quantitative estimate of drug-likeness (QED) is 0.573. The average Bonchev–Trinajstić information content (AvgIpc) is 2.90. The molecule has 8 nitrogen and oxygen atoms in total. The van der Waals surface area contributed by atoms with Crippen molar-refractivity contribution in [2.45, 2.75) is 50.1 Å². The monoisotopic (exact) mass is 367 g/mol. The van der Waals surface area contributed by atoms with Gasteiger partial charge in [0.15, 0.2) is 0 Å². The van der Waals surface area contributed by atoms with Gasteiger partial charge in [-0.2, -0.15) is 9.82 Å². The lowest BCUT2D eigenvalue weighted by atomic mass is 10.1. The predicted octanol–water partition coefficient (Wildman–Crippen LogP) is 0.142. The van der Waals surface area contributed by atoms with E-state index in [2.05, 4.69) is 22.1 Å². The number of rotatable bonds is 9. The maximum absolute atomic E-state index is 12.1. The minimum atomic E-state index is -3.77. The summed E-state index contributed by atoms with van der Waals surface area (Å²) in [6.07, 6.45) is 5.35. The maximum Gasteiger partial charge on any atom is 0.244 e. The number of amides is 1. The number of hydrogen-bond donors (Lipinski definition) is 3. The number of halogens is 1. The van der Waals surface area contributed by atoms with Gasteiger partial charge in [-0.15, -0.1) is 12.4 Å². The second-order valence-electron chi connectivity index (χ2n) is 5.28. The third kappa shape index (κ3) is 6.86. The highest BCUT2D eigenvalue weighted by atomic mass is 35.5. The summed E-state index contributed by atoms with van der Waals surface area (Å²) in [6, 6.07) is -1.03. The largest absolute Gasteiger partial charge is 0.351 e. The van der Waals surface area contributed by atoms with Gasteiger partial charge in [-0.25, -0.2) is 8.42 Å². The Morgan fingerprint density at radius 1 is 1.48 bits per heavy atom. The van der Waals surface area contributed by atoms with Gasteiger partial charge in [0.2, 0.25) is 15.9 Å². The number of aryl methyl sites for hydroxylation is 1. The third-order valence-corrected chi connectivity index (χ3v) is 4.75. The van der Waals surface area contributed by atoms with Gasteiger partial charge in [0.25, 0.3) is 0 Å². The Labute approximate surface area is 143 Å². The zero-order valence-corrected chi connectivity index (χ0v) is 15.3. The van der Waals surface area contributed by atoms with Gasteiger partial charge in [0.1, 0.15) is 4.90 Å². The Bertz CT molecular complexity index is 590. The molecule has 0 bridgehead atoms. The van der Waals surface area contributed by atoms with Gasteiger partial charge < -0.3 is 11.1 Å². The van der Waals surface area contributed by atoms with E-state index >= 15 is 0 Å². The highest BCUT2D eigenvalue weighted by Crippen LogP contribution is 2.07. The molecule has 0 fully saturated rings. The maximum atomic E-state index is 12.1. The third-order valence-electron chi connectivity index (χ3n) is 3.25. The van der Waals surface area contributed by atoms with Crippen LogP contribution in [0.3, 0.4) is 0 Å². The lowest BCUT2D eigenvalue weighted by Gasteiger charge is -2.20. The number of nitrogens with two attached hydrogens (primary N) is 1. The SMILES string of the molecule is CCCCC(CN)NC(=O)C(C)NS(=O)(=O)c1cnn(C)c1.Cl. The van der Waals surface area contributed by atoms with Gasteiger partial charge in [-0.1, -0.05) is 19.8 Å². The first-order chi connectivity index (χ1) is 10.3. The molecule has 1 aromatic heterocycles. The van der Waals surface area contributed by atoms with Crippen LogP contribution in [0.2, 0.25) is 0 Å². The van der Waals surface area contributed by atoms with Crippen LogP contribution < -0.4 is 15.8 Å². The van der Waals surface area contributed by atoms with Crippen LogP contribution in [-0.4, -0.2) is 42.7 Å². The summed E-state index contributed by atoms with van der Waals surface area (Å²) in [5.74, 6) is -0.390. The molecule has 0 aromatic carbocycles. The van der Waals surface area contributed by atoms with E-state index in [1.54, 1.807) is 7.05 Å². The van der Waals surface area contributed by atoms with E-state index < -0.39 is 16.1 Å². The Hall–Kier alpha value is -1.16. The first kappa shape index (κ1) is 21.8. The van der Waals surface area contributed by atoms with E-state index in [9.17, 15) is 13.2 Å². The molecule has 0 radical (unpaired) electrons. The van der Waals surface area contributed by atoms with Crippen molar-refractivity contribution >= 4 is 28.3 Å². The van der Waals surface area contributed by atoms with Crippen LogP contribution in [0.15, 0.2) is 17.3 Å². The van der Waals surface area contributed by atoms with Gasteiger partial charge in [-0.05, 0) is 13.3 Å². The molecule has 0 aliphatic rings. The van der Waals surface area contributed by atoms with E-state index in [0.29, 0.717) is 6.54 Å². The van der Waals surface area contributed by atoms with Crippen LogP contribution in [0.4, 0.5) is 0 Å². The van der Waals surface area contributed by atoms with Crippen molar-refractivity contribution in [3.63, 3.8) is 0 Å². The zero-order valence-electron chi connectivity index (χ0n) is 13.7. The van der Waals surface area contributed by atoms with Crippen molar-refractivity contribution in [1.82, 2.24) is 19.8 Å². The fourth-order valence-corrected chi connectivity index (χ4v) is 3.10. The first-order valence-corrected chi connectivity index (χ1v) is 8.80. The van der Waals surface area contributed by atoms with Crippen molar-refractivity contribution in [3.05, 3.63) is 12.4 Å². The molecule has 0 aliphatic carbocycles. The molecule has 4 N–H and O–H groups in total. The number of hydrogen-bond acceptors (Lipinski definition) is 5. The van der Waals surface area contributed by atoms with Crippen LogP contribution in [-0.2, 0) is 21.9 Å². The van der Waals surface area contributed by atoms with E-state index in [1.807, 2.05) is 0 Å². The fourth-order valence-electron chi connectivity index (χ4n) is 1.92. The van der Waals surface area contributed by atoms with E-state index in [0.717, 1.165) is 19.3 Å². The first-order valence-electron chi connectivity index (χ1n) is 7.31. The number of nitrogens with zero attached hydrogens (tertiary/aromatic N) is 2. The summed E-state index contributed by atoms with van der Waals surface area (Å²) >= 11 is 0. The topological polar surface area (TPSA) is 119 Å². The molecular formula is C13H26ClN5O3S. The van der Waals surface area contributed by atoms with Gasteiger partial charge >= 0.3 is 0 Å². The lowest BCUT2D eigenvalue weighted by molar-refractivity contribution is -0.123. The van der Waals surface area contributed by atoms with Crippen molar-refractivity contribution in [3.8, 4) is 0 Å². The smallest absolute Gasteiger partial charge is 0.244 e. The molecule has 0 aliphatic heterocycles. The molecule has 1 amide bonds. The normalized spacial score (nSPS) is 13.9. The van der Waals surface area contributed by atoms with Crippen molar-refractivity contribution in [1.29, 1.82) is 0 Å². The molecule has 2 atom stereocenters. The molecule has 1 heterocycles. The van der Waals surface area contributed by atoms with E-state index in [1.165, 1.54) is 24.0 Å². The van der Waals surface area contributed by atoms with Gasteiger partial charge in [-0.3, -0.25) is 9.48 Å². The number of aromatic nitrogens is 2. The summed E-state index contributed by atoms with van der Waals surface area (Å²) in [5.41, 5.74) is 5.62. The molecule has 10 heteroatoms. The average molecular weight is 368 g/mol. The Morgan fingerprint density at radius 2 is 2.13 bits per heavy atom. The molecule has 1 rings (SSSR count). The zero-order chi connectivity index (χ0) is 16.8. The number of carbonyl (C=O) groups excluding carboxylic acids is 1. The fraction of sp³-hybridized carbons (Fsp3) is 0.692. The highest BCUT2D eigenvalue weighted by Gasteiger charge is 2.24. The number of nitrogens with one attached hydrogen (secondary N) is 2. The highest BCUT2D eigenvalue weighted by molar-refractivity contribution is 7.89. The van der Waals surface area contributed by atoms with Crippen molar-refractivity contribution < 1.29 is 13.2 Å². The molecule has 23 heavy (non-hydrogen) atoms. The van der Waals surface area contributed by atoms with Crippen LogP contribution in [0, 0.1) is 0 Å². The molecule has 0 saturated carbocycles. The lowest BCUT2D eigenvalue weighted by Crippen LogP contribution is -2.49. The summed E-state index contributed by atoms with van der Waals surface area (Å²) in [5, 5.41) is 6.58. The van der Waals surface area contributed by atoms with E-state index in [4.69, 9.17) is 5.73 Å². The van der Waals surface area contributed by atoms with Gasteiger partial charge in [0, 0.05) is 25.8 Å². The molecule has 2 unspecified atom stereocenters. The van der Waals surface area contributed by atoms with Gasteiger partial charge in [0.05, 0.1) is 12.2 Å². The predicted molar refractivity (Wildman–Crippen MR) is 90.7 cm³/mol. The second kappa shape index (κ2) is 9.86. The standard InChI is InChI=1S/C13H25N5O3S.ClH/c1-4-5-6-11(7-14)16-13(19)10(2)17-22(20,21)12-8-15-18(3)9-12;/h8-11,17H,4-7,14H2,1-3H3,(H,16,19);1H. The van der Waals surface area contributed by atoms with Crippen LogP contribution in [0.25, 0.3) is 0 Å². The number of carbonyl (C=O) groups is 1. The van der Waals surface area contributed by atoms with Crippen molar-refractivity contribution in [2.75, 3.05) is 6.54 Å². The Morgan fingerprint density at radius 3 is 2.61 bits per heavy atom. The minimum Gasteiger partial charge on any atom is -0.351 e. The molecule has 0 saturated heterocycles. The molecule has 1 aromatic rings. The van der Waals surface area contributed by atoms with Crippen LogP contribution in [0.5, 0.6) is 0 Å². The molecule has 134 valence electrons. The van der Waals surface area contributed by atoms with Crippen molar-refractivity contribution in [2.24, 2.45) is 12.8 Å². The molecule has 0 spiro atoms. The van der Waals surface area contributed by atoms with Crippen LogP contribution in [0.1, 0.15) is 33.1 Å². The second-order valence-corrected chi connectivity index (χ2v) is 6.99. The minimum absolute atomic E-state index is 0. The summed E-state index contributed by atoms with van der Waals surface area (Å²) in [6.45, 7) is 3.88. The summed E-state index contributed by atoms with van der Waals surface area (Å²) in [7, 11) is -2.15. The Kier molecular flexibility index (Phi) is 9.37.